The third kappa shape index (κ3) is 4.91. The highest BCUT2D eigenvalue weighted by Crippen LogP contribution is 2.31. The van der Waals surface area contributed by atoms with Gasteiger partial charge in [-0.15, -0.1) is 11.8 Å². The second-order valence-electron chi connectivity index (χ2n) is 7.62. The lowest BCUT2D eigenvalue weighted by atomic mass is 10.2. The summed E-state index contributed by atoms with van der Waals surface area (Å²) < 4.78 is 1.10. The van der Waals surface area contributed by atoms with Crippen LogP contribution in [0.15, 0.2) is 47.4 Å². The lowest BCUT2D eigenvalue weighted by Crippen LogP contribution is -2.44. The van der Waals surface area contributed by atoms with Crippen LogP contribution in [0.4, 0.5) is 10.8 Å². The lowest BCUT2D eigenvalue weighted by molar-refractivity contribution is 0.102. The SMILES string of the molecule is CC(C)Sc1cccc(C(=O)Nc2ccc3nc(N4CCN(C)CC4)sc3c2)c1. The summed E-state index contributed by atoms with van der Waals surface area (Å²) in [4.78, 5) is 23.3. The summed E-state index contributed by atoms with van der Waals surface area (Å²) in [5.41, 5.74) is 2.47. The second-order valence-corrected chi connectivity index (χ2v) is 10.3. The number of carbonyl (C=O) groups excluding carboxylic acids is 1. The van der Waals surface area contributed by atoms with Crippen LogP contribution in [0.25, 0.3) is 10.2 Å². The van der Waals surface area contributed by atoms with E-state index in [-0.39, 0.29) is 5.91 Å². The van der Waals surface area contributed by atoms with E-state index in [1.165, 1.54) is 0 Å². The number of nitrogens with zero attached hydrogens (tertiary/aromatic N) is 3. The minimum Gasteiger partial charge on any atom is -0.345 e. The number of thiazole rings is 1. The van der Waals surface area contributed by atoms with Gasteiger partial charge in [0.05, 0.1) is 10.2 Å². The molecule has 152 valence electrons. The first-order chi connectivity index (χ1) is 14.0. The van der Waals surface area contributed by atoms with Gasteiger partial charge < -0.3 is 15.1 Å². The van der Waals surface area contributed by atoms with Crippen molar-refractivity contribution < 1.29 is 4.79 Å². The minimum atomic E-state index is -0.0839. The van der Waals surface area contributed by atoms with Gasteiger partial charge in [-0.1, -0.05) is 31.3 Å². The Labute approximate surface area is 180 Å². The van der Waals surface area contributed by atoms with Gasteiger partial charge in [0.2, 0.25) is 0 Å². The number of thioether (sulfide) groups is 1. The van der Waals surface area contributed by atoms with Crippen LogP contribution in [0.2, 0.25) is 0 Å². The fraction of sp³-hybridized carbons (Fsp3) is 0.364. The van der Waals surface area contributed by atoms with Gasteiger partial charge >= 0.3 is 0 Å². The molecule has 29 heavy (non-hydrogen) atoms. The number of nitrogens with one attached hydrogen (secondary N) is 1. The van der Waals surface area contributed by atoms with Gasteiger partial charge in [-0.25, -0.2) is 4.98 Å². The topological polar surface area (TPSA) is 48.5 Å². The van der Waals surface area contributed by atoms with E-state index < -0.39 is 0 Å². The number of carbonyl (C=O) groups is 1. The van der Waals surface area contributed by atoms with Crippen molar-refractivity contribution in [2.45, 2.75) is 24.0 Å². The molecule has 0 saturated carbocycles. The Morgan fingerprint density at radius 2 is 1.93 bits per heavy atom. The number of aromatic nitrogens is 1. The molecule has 1 fully saturated rings. The molecule has 5 nitrogen and oxygen atoms in total. The number of benzene rings is 2. The highest BCUT2D eigenvalue weighted by molar-refractivity contribution is 7.99. The van der Waals surface area contributed by atoms with Crippen molar-refractivity contribution >= 4 is 50.0 Å². The Hall–Kier alpha value is -2.09. The van der Waals surface area contributed by atoms with Crippen LogP contribution in [0, 0.1) is 0 Å². The maximum absolute atomic E-state index is 12.7. The van der Waals surface area contributed by atoms with E-state index in [1.807, 2.05) is 42.5 Å². The Bertz CT molecular complexity index is 1010. The van der Waals surface area contributed by atoms with Crippen molar-refractivity contribution in [1.29, 1.82) is 0 Å². The molecule has 2 aromatic carbocycles. The van der Waals surface area contributed by atoms with Gasteiger partial charge in [-0.3, -0.25) is 4.79 Å². The summed E-state index contributed by atoms with van der Waals surface area (Å²) in [6.45, 7) is 8.43. The van der Waals surface area contributed by atoms with Crippen LogP contribution in [0.3, 0.4) is 0 Å². The first-order valence-electron chi connectivity index (χ1n) is 9.90. The van der Waals surface area contributed by atoms with Crippen LogP contribution in [-0.2, 0) is 0 Å². The Morgan fingerprint density at radius 1 is 1.14 bits per heavy atom. The molecule has 0 spiro atoms. The number of anilines is 2. The van der Waals surface area contributed by atoms with Crippen LogP contribution < -0.4 is 10.2 Å². The normalized spacial score (nSPS) is 15.2. The quantitative estimate of drug-likeness (QED) is 0.594. The van der Waals surface area contributed by atoms with Gasteiger partial charge in [0, 0.05) is 47.6 Å². The van der Waals surface area contributed by atoms with E-state index in [9.17, 15) is 4.79 Å². The molecule has 7 heteroatoms. The van der Waals surface area contributed by atoms with Gasteiger partial charge in [0.1, 0.15) is 0 Å². The minimum absolute atomic E-state index is 0.0839. The summed E-state index contributed by atoms with van der Waals surface area (Å²) in [5, 5.41) is 4.58. The maximum atomic E-state index is 12.7. The van der Waals surface area contributed by atoms with Crippen molar-refractivity contribution in [2.24, 2.45) is 0 Å². The largest absolute Gasteiger partial charge is 0.345 e. The molecular formula is C22H26N4OS2. The maximum Gasteiger partial charge on any atom is 0.255 e. The molecule has 3 aromatic rings. The summed E-state index contributed by atoms with van der Waals surface area (Å²) in [6.07, 6.45) is 0. The van der Waals surface area contributed by atoms with Crippen molar-refractivity contribution in [3.05, 3.63) is 48.0 Å². The smallest absolute Gasteiger partial charge is 0.255 e. The molecule has 1 aromatic heterocycles. The fourth-order valence-electron chi connectivity index (χ4n) is 3.31. The van der Waals surface area contributed by atoms with Crippen molar-refractivity contribution in [2.75, 3.05) is 43.4 Å². The summed E-state index contributed by atoms with van der Waals surface area (Å²) >= 11 is 3.45. The number of hydrogen-bond donors (Lipinski definition) is 1. The average molecular weight is 427 g/mol. The zero-order valence-corrected chi connectivity index (χ0v) is 18.6. The number of piperazine rings is 1. The molecule has 1 aliphatic rings. The summed E-state index contributed by atoms with van der Waals surface area (Å²) in [7, 11) is 2.15. The van der Waals surface area contributed by atoms with E-state index in [2.05, 4.69) is 36.0 Å². The molecule has 1 N–H and O–H groups in total. The number of fused-ring (bicyclic) bond motifs is 1. The third-order valence-electron chi connectivity index (χ3n) is 4.88. The molecule has 0 bridgehead atoms. The van der Waals surface area contributed by atoms with Crippen LogP contribution in [-0.4, -0.2) is 54.3 Å². The number of hydrogen-bond acceptors (Lipinski definition) is 6. The van der Waals surface area contributed by atoms with Gasteiger partial charge in [-0.05, 0) is 43.4 Å². The molecule has 0 aliphatic carbocycles. The third-order valence-corrected chi connectivity index (χ3v) is 6.95. The zero-order chi connectivity index (χ0) is 20.4. The predicted octanol–water partition coefficient (Wildman–Crippen LogP) is 4.80. The van der Waals surface area contributed by atoms with E-state index in [0.717, 1.165) is 52.1 Å². The van der Waals surface area contributed by atoms with E-state index >= 15 is 0 Å². The van der Waals surface area contributed by atoms with Crippen LogP contribution in [0.1, 0.15) is 24.2 Å². The summed E-state index contributed by atoms with van der Waals surface area (Å²) in [5.74, 6) is -0.0839. The highest BCUT2D eigenvalue weighted by atomic mass is 32.2. The molecule has 1 aliphatic heterocycles. The monoisotopic (exact) mass is 426 g/mol. The number of rotatable bonds is 5. The Kier molecular flexibility index (Phi) is 6.08. The molecule has 1 amide bonds. The average Bonchev–Trinajstić information content (AvgIpc) is 3.11. The first-order valence-corrected chi connectivity index (χ1v) is 11.6. The van der Waals surface area contributed by atoms with Crippen molar-refractivity contribution in [3.63, 3.8) is 0 Å². The van der Waals surface area contributed by atoms with Crippen molar-refractivity contribution in [3.8, 4) is 0 Å². The molecule has 0 radical (unpaired) electrons. The Balaban J connectivity index is 1.49. The zero-order valence-electron chi connectivity index (χ0n) is 17.0. The molecule has 0 atom stereocenters. The van der Waals surface area contributed by atoms with E-state index in [1.54, 1.807) is 23.1 Å². The van der Waals surface area contributed by atoms with Crippen LogP contribution in [0.5, 0.6) is 0 Å². The molecule has 0 unspecified atom stereocenters. The van der Waals surface area contributed by atoms with Gasteiger partial charge in [0.15, 0.2) is 5.13 Å². The first kappa shape index (κ1) is 20.2. The van der Waals surface area contributed by atoms with Gasteiger partial charge in [-0.2, -0.15) is 0 Å². The molecule has 1 saturated heterocycles. The second kappa shape index (κ2) is 8.73. The fourth-order valence-corrected chi connectivity index (χ4v) is 5.26. The van der Waals surface area contributed by atoms with Crippen LogP contribution >= 0.6 is 23.1 Å². The lowest BCUT2D eigenvalue weighted by Gasteiger charge is -2.31. The van der Waals surface area contributed by atoms with Gasteiger partial charge in [0.25, 0.3) is 5.91 Å². The highest BCUT2D eigenvalue weighted by Gasteiger charge is 2.18. The predicted molar refractivity (Wildman–Crippen MR) is 125 cm³/mol. The van der Waals surface area contributed by atoms with Crippen molar-refractivity contribution in [1.82, 2.24) is 9.88 Å². The van der Waals surface area contributed by atoms with E-state index in [0.29, 0.717) is 10.8 Å². The Morgan fingerprint density at radius 3 is 2.69 bits per heavy atom. The molecular weight excluding hydrogens is 400 g/mol. The van der Waals surface area contributed by atoms with E-state index in [4.69, 9.17) is 4.98 Å². The number of likely N-dealkylation sites (N-methyl/N-ethyl adjacent to an activating group) is 1. The molecule has 4 rings (SSSR count). The molecule has 2 heterocycles. The standard InChI is InChI=1S/C22H26N4OS2/c1-15(2)28-18-6-4-5-16(13-18)21(27)23-17-7-8-19-20(14-17)29-22(24-19)26-11-9-25(3)10-12-26/h4-8,13-15H,9-12H2,1-3H3,(H,23,27). The summed E-state index contributed by atoms with van der Waals surface area (Å²) in [6, 6.07) is 13.7. The number of amides is 1.